The number of aliphatic imine (C=N–C) groups is 1. The summed E-state index contributed by atoms with van der Waals surface area (Å²) in [5.74, 6) is 0.890. The lowest BCUT2D eigenvalue weighted by atomic mass is 9.96. The number of nitrogens with zero attached hydrogens (tertiary/aromatic N) is 1. The van der Waals surface area contributed by atoms with E-state index in [-0.39, 0.29) is 29.4 Å². The Kier molecular flexibility index (Phi) is 8.22. The van der Waals surface area contributed by atoms with E-state index in [2.05, 4.69) is 61.9 Å². The maximum Gasteiger partial charge on any atom is 0.191 e. The first-order valence-corrected chi connectivity index (χ1v) is 9.48. The Morgan fingerprint density at radius 3 is 2.72 bits per heavy atom. The minimum absolute atomic E-state index is 0. The van der Waals surface area contributed by atoms with Gasteiger partial charge < -0.3 is 15.4 Å². The zero-order valence-electron chi connectivity index (χ0n) is 14.7. The number of rotatable bonds is 6. The van der Waals surface area contributed by atoms with Gasteiger partial charge in [-0.05, 0) is 37.3 Å². The third-order valence-electron chi connectivity index (χ3n) is 4.91. The number of halogens is 2. The van der Waals surface area contributed by atoms with Gasteiger partial charge in [-0.25, -0.2) is 0 Å². The highest BCUT2D eigenvalue weighted by atomic mass is 127. The van der Waals surface area contributed by atoms with Crippen molar-refractivity contribution in [2.75, 3.05) is 33.4 Å². The van der Waals surface area contributed by atoms with Crippen LogP contribution < -0.4 is 10.6 Å². The molecule has 1 aromatic carbocycles. The summed E-state index contributed by atoms with van der Waals surface area (Å²) < 4.78 is 6.55. The van der Waals surface area contributed by atoms with Gasteiger partial charge in [-0.15, -0.1) is 24.0 Å². The van der Waals surface area contributed by atoms with Gasteiger partial charge in [0.25, 0.3) is 0 Å². The number of benzene rings is 1. The Balaban J connectivity index is 0.00000225. The molecule has 0 saturated heterocycles. The minimum atomic E-state index is 0. The van der Waals surface area contributed by atoms with Gasteiger partial charge in [-0.3, -0.25) is 4.99 Å². The van der Waals surface area contributed by atoms with Gasteiger partial charge in [0.2, 0.25) is 0 Å². The van der Waals surface area contributed by atoms with E-state index in [4.69, 9.17) is 4.74 Å². The van der Waals surface area contributed by atoms with Crippen molar-refractivity contribution >= 4 is 45.9 Å². The van der Waals surface area contributed by atoms with Crippen LogP contribution >= 0.6 is 39.9 Å². The van der Waals surface area contributed by atoms with E-state index in [1.807, 2.05) is 7.05 Å². The number of ether oxygens (including phenoxy) is 1. The molecule has 4 nitrogen and oxygen atoms in total. The topological polar surface area (TPSA) is 45.7 Å². The molecular formula is C19H27BrIN3O. The van der Waals surface area contributed by atoms with E-state index in [0.29, 0.717) is 0 Å². The second kappa shape index (κ2) is 9.92. The van der Waals surface area contributed by atoms with E-state index < -0.39 is 0 Å². The molecule has 138 valence electrons. The fourth-order valence-electron chi connectivity index (χ4n) is 3.19. The third-order valence-corrected chi connectivity index (χ3v) is 5.60. The average Bonchev–Trinajstić information content (AvgIpc) is 3.40. The van der Waals surface area contributed by atoms with Crippen molar-refractivity contribution in [2.45, 2.75) is 31.1 Å². The summed E-state index contributed by atoms with van der Waals surface area (Å²) in [4.78, 5) is 4.36. The number of hydrogen-bond acceptors (Lipinski definition) is 2. The lowest BCUT2D eigenvalue weighted by Crippen LogP contribution is -2.41. The SMILES string of the molecule is CN=C(NCCC1=CCOCC1)NCC1(c2ccccc2Br)CC1.I. The Labute approximate surface area is 176 Å². The van der Waals surface area contributed by atoms with Crippen molar-refractivity contribution in [1.29, 1.82) is 0 Å². The molecular weight excluding hydrogens is 493 g/mol. The summed E-state index contributed by atoms with van der Waals surface area (Å²) in [7, 11) is 1.83. The van der Waals surface area contributed by atoms with Crippen molar-refractivity contribution in [1.82, 2.24) is 10.6 Å². The third kappa shape index (κ3) is 5.69. The van der Waals surface area contributed by atoms with Crippen molar-refractivity contribution in [3.63, 3.8) is 0 Å². The Morgan fingerprint density at radius 2 is 2.08 bits per heavy atom. The van der Waals surface area contributed by atoms with E-state index in [1.54, 1.807) is 0 Å². The van der Waals surface area contributed by atoms with E-state index >= 15 is 0 Å². The lowest BCUT2D eigenvalue weighted by molar-refractivity contribution is 0.153. The number of hydrogen-bond donors (Lipinski definition) is 2. The zero-order valence-corrected chi connectivity index (χ0v) is 18.6. The standard InChI is InChI=1S/C19H26BrN3O.HI/c1-21-18(22-11-6-15-7-12-24-13-8-15)23-14-19(9-10-19)16-4-2-3-5-17(16)20;/h2-5,7H,6,8-14H2,1H3,(H2,21,22,23);1H. The van der Waals surface area contributed by atoms with Crippen LogP contribution in [0.3, 0.4) is 0 Å². The maximum absolute atomic E-state index is 5.35. The summed E-state index contributed by atoms with van der Waals surface area (Å²) in [5.41, 5.74) is 3.14. The van der Waals surface area contributed by atoms with Crippen LogP contribution in [0.1, 0.15) is 31.2 Å². The molecule has 1 aliphatic carbocycles. The van der Waals surface area contributed by atoms with Crippen LogP contribution in [0.15, 0.2) is 45.4 Å². The molecule has 2 N–H and O–H groups in total. The molecule has 25 heavy (non-hydrogen) atoms. The van der Waals surface area contributed by atoms with Crippen LogP contribution in [0.5, 0.6) is 0 Å². The molecule has 6 heteroatoms. The molecule has 0 aromatic heterocycles. The molecule has 0 atom stereocenters. The molecule has 1 aliphatic heterocycles. The second-order valence-electron chi connectivity index (χ2n) is 6.55. The van der Waals surface area contributed by atoms with Crippen LogP contribution in [0.4, 0.5) is 0 Å². The molecule has 0 spiro atoms. The molecule has 2 aliphatic rings. The van der Waals surface area contributed by atoms with Gasteiger partial charge in [-0.2, -0.15) is 0 Å². The Morgan fingerprint density at radius 1 is 1.28 bits per heavy atom. The zero-order chi connectivity index (χ0) is 16.8. The van der Waals surface area contributed by atoms with Gasteiger partial charge >= 0.3 is 0 Å². The first-order chi connectivity index (χ1) is 11.7. The summed E-state index contributed by atoms with van der Waals surface area (Å²) in [6, 6.07) is 8.55. The fourth-order valence-corrected chi connectivity index (χ4v) is 3.90. The quantitative estimate of drug-likeness (QED) is 0.258. The first-order valence-electron chi connectivity index (χ1n) is 8.69. The van der Waals surface area contributed by atoms with Crippen LogP contribution in [0, 0.1) is 0 Å². The average molecular weight is 520 g/mol. The summed E-state index contributed by atoms with van der Waals surface area (Å²) in [6.07, 6.45) is 6.77. The van der Waals surface area contributed by atoms with E-state index in [9.17, 15) is 0 Å². The molecule has 1 fully saturated rings. The smallest absolute Gasteiger partial charge is 0.191 e. The van der Waals surface area contributed by atoms with Crippen LogP contribution in [0.25, 0.3) is 0 Å². The van der Waals surface area contributed by atoms with Crippen LogP contribution in [0.2, 0.25) is 0 Å². The first kappa shape index (κ1) is 20.7. The fraction of sp³-hybridized carbons (Fsp3) is 0.526. The summed E-state index contributed by atoms with van der Waals surface area (Å²) in [6.45, 7) is 3.45. The highest BCUT2D eigenvalue weighted by Crippen LogP contribution is 2.49. The maximum atomic E-state index is 5.35. The number of guanidine groups is 1. The molecule has 1 saturated carbocycles. The van der Waals surface area contributed by atoms with Gasteiger partial charge in [0.05, 0.1) is 13.2 Å². The predicted octanol–water partition coefficient (Wildman–Crippen LogP) is 4.00. The van der Waals surface area contributed by atoms with Gasteiger partial charge in [-0.1, -0.05) is 45.8 Å². The molecule has 1 aromatic rings. The highest BCUT2D eigenvalue weighted by Gasteiger charge is 2.45. The normalized spacial score (nSPS) is 18.8. The molecule has 0 radical (unpaired) electrons. The molecule has 1 heterocycles. The predicted molar refractivity (Wildman–Crippen MR) is 118 cm³/mol. The minimum Gasteiger partial charge on any atom is -0.377 e. The van der Waals surface area contributed by atoms with Crippen LogP contribution in [-0.2, 0) is 10.2 Å². The number of nitrogens with one attached hydrogen (secondary N) is 2. The summed E-state index contributed by atoms with van der Waals surface area (Å²) >= 11 is 3.69. The van der Waals surface area contributed by atoms with Crippen molar-refractivity contribution < 1.29 is 4.74 Å². The van der Waals surface area contributed by atoms with Crippen LogP contribution in [-0.4, -0.2) is 39.3 Å². The largest absolute Gasteiger partial charge is 0.377 e. The lowest BCUT2D eigenvalue weighted by Gasteiger charge is -2.20. The van der Waals surface area contributed by atoms with Gasteiger partial charge in [0.1, 0.15) is 0 Å². The Bertz CT molecular complexity index is 629. The van der Waals surface area contributed by atoms with Crippen molar-refractivity contribution in [3.8, 4) is 0 Å². The molecule has 0 unspecified atom stereocenters. The van der Waals surface area contributed by atoms with Crippen molar-refractivity contribution in [3.05, 3.63) is 46.0 Å². The van der Waals surface area contributed by atoms with Gasteiger partial charge in [0.15, 0.2) is 5.96 Å². The monoisotopic (exact) mass is 519 g/mol. The molecule has 0 bridgehead atoms. The van der Waals surface area contributed by atoms with Gasteiger partial charge in [0, 0.05) is 30.0 Å². The molecule has 3 rings (SSSR count). The van der Waals surface area contributed by atoms with E-state index in [1.165, 1.54) is 28.5 Å². The highest BCUT2D eigenvalue weighted by molar-refractivity contribution is 14.0. The Hall–Kier alpha value is -0.600. The van der Waals surface area contributed by atoms with Crippen molar-refractivity contribution in [2.24, 2.45) is 4.99 Å². The summed E-state index contributed by atoms with van der Waals surface area (Å²) in [5, 5.41) is 6.94. The second-order valence-corrected chi connectivity index (χ2v) is 7.40. The molecule has 0 amide bonds. The van der Waals surface area contributed by atoms with E-state index in [0.717, 1.165) is 45.1 Å².